The second-order valence-corrected chi connectivity index (χ2v) is 8.24. The third-order valence-electron chi connectivity index (χ3n) is 6.74. The molecule has 0 saturated carbocycles. The highest BCUT2D eigenvalue weighted by atomic mass is 16.3. The second kappa shape index (κ2) is 6.29. The number of furan rings is 1. The van der Waals surface area contributed by atoms with Crippen molar-refractivity contribution in [2.24, 2.45) is 11.8 Å². The highest BCUT2D eigenvalue weighted by Crippen LogP contribution is 2.44. The van der Waals surface area contributed by atoms with E-state index in [0.29, 0.717) is 29.8 Å². The number of aromatic nitrogens is 1. The number of piperidine rings is 3. The molecule has 26 heavy (non-hydrogen) atoms. The lowest BCUT2D eigenvalue weighted by Crippen LogP contribution is -2.65. The normalized spacial score (nSPS) is 31.3. The van der Waals surface area contributed by atoms with Gasteiger partial charge in [0.2, 0.25) is 5.91 Å². The van der Waals surface area contributed by atoms with Crippen LogP contribution in [-0.4, -0.2) is 41.0 Å². The van der Waals surface area contributed by atoms with Crippen molar-refractivity contribution in [1.29, 1.82) is 0 Å². The Balaban J connectivity index is 1.50. The first-order valence-electron chi connectivity index (χ1n) is 10.1. The largest absolute Gasteiger partial charge is 0.464 e. The Bertz CT molecular complexity index is 816. The van der Waals surface area contributed by atoms with Gasteiger partial charge in [-0.05, 0) is 49.7 Å². The van der Waals surface area contributed by atoms with Gasteiger partial charge in [-0.2, -0.15) is 0 Å². The van der Waals surface area contributed by atoms with Crippen LogP contribution < -0.4 is 4.90 Å². The Kier molecular flexibility index (Phi) is 3.91. The van der Waals surface area contributed by atoms with Gasteiger partial charge in [-0.15, -0.1) is 0 Å². The van der Waals surface area contributed by atoms with Crippen molar-refractivity contribution < 1.29 is 9.21 Å². The minimum atomic E-state index is 0.401. The van der Waals surface area contributed by atoms with Crippen molar-refractivity contribution in [3.05, 3.63) is 24.6 Å². The van der Waals surface area contributed by atoms with Gasteiger partial charge in [-0.3, -0.25) is 4.79 Å². The number of pyridine rings is 1. The molecular formula is C21H27N3O2. The molecule has 0 aliphatic carbocycles. The molecule has 3 aliphatic rings. The van der Waals surface area contributed by atoms with E-state index < -0.39 is 0 Å². The lowest BCUT2D eigenvalue weighted by atomic mass is 9.71. The average molecular weight is 353 g/mol. The number of hydrogen-bond donors (Lipinski definition) is 0. The minimum absolute atomic E-state index is 0.401. The zero-order valence-corrected chi connectivity index (χ0v) is 15.4. The molecule has 5 rings (SSSR count). The Labute approximate surface area is 154 Å². The van der Waals surface area contributed by atoms with Gasteiger partial charge in [0.05, 0.1) is 11.6 Å². The molecule has 5 nitrogen and oxygen atoms in total. The maximum absolute atomic E-state index is 12.7. The smallest absolute Gasteiger partial charge is 0.223 e. The van der Waals surface area contributed by atoms with Crippen molar-refractivity contribution in [3.63, 3.8) is 0 Å². The molecule has 3 saturated heterocycles. The predicted molar refractivity (Wildman–Crippen MR) is 101 cm³/mol. The molecule has 5 heterocycles. The van der Waals surface area contributed by atoms with Crippen LogP contribution >= 0.6 is 0 Å². The summed E-state index contributed by atoms with van der Waals surface area (Å²) in [5.41, 5.74) is 0.908. The quantitative estimate of drug-likeness (QED) is 0.841. The highest BCUT2D eigenvalue weighted by molar-refractivity contribution is 5.88. The van der Waals surface area contributed by atoms with Crippen LogP contribution in [-0.2, 0) is 4.79 Å². The van der Waals surface area contributed by atoms with E-state index in [2.05, 4.69) is 16.7 Å². The number of amides is 1. The molecule has 2 aromatic rings. The van der Waals surface area contributed by atoms with Crippen LogP contribution in [0, 0.1) is 11.8 Å². The Morgan fingerprint density at radius 2 is 2.15 bits per heavy atom. The molecule has 138 valence electrons. The molecule has 0 spiro atoms. The van der Waals surface area contributed by atoms with Gasteiger partial charge >= 0.3 is 0 Å². The standard InChI is InChI=1S/C21H27N3O2/c1-2-4-17-14-11-15(18-5-3-6-20(25)24(17)18)13-23(12-14)21-16-8-10-26-19(16)7-9-22-21/h7-10,14-15,17-18H,2-6,11-13H2,1H3/t14-,15+,17-,18-/m0/s1. The summed E-state index contributed by atoms with van der Waals surface area (Å²) in [6.45, 7) is 4.24. The fourth-order valence-electron chi connectivity index (χ4n) is 5.75. The summed E-state index contributed by atoms with van der Waals surface area (Å²) in [5, 5.41) is 1.11. The number of carbonyl (C=O) groups is 1. The average Bonchev–Trinajstić information content (AvgIpc) is 3.14. The summed E-state index contributed by atoms with van der Waals surface area (Å²) in [7, 11) is 0. The fraction of sp³-hybridized carbons (Fsp3) is 0.619. The maximum atomic E-state index is 12.7. The number of carbonyl (C=O) groups excluding carboxylic acids is 1. The van der Waals surface area contributed by atoms with Crippen LogP contribution in [0.2, 0.25) is 0 Å². The summed E-state index contributed by atoms with van der Waals surface area (Å²) in [4.78, 5) is 22.2. The van der Waals surface area contributed by atoms with Crippen LogP contribution in [0.25, 0.3) is 11.0 Å². The van der Waals surface area contributed by atoms with Crippen molar-refractivity contribution in [2.75, 3.05) is 18.0 Å². The van der Waals surface area contributed by atoms with Gasteiger partial charge in [0.25, 0.3) is 0 Å². The zero-order valence-electron chi connectivity index (χ0n) is 15.4. The van der Waals surface area contributed by atoms with Crippen molar-refractivity contribution >= 4 is 22.7 Å². The Hall–Kier alpha value is -2.04. The first-order valence-corrected chi connectivity index (χ1v) is 10.1. The van der Waals surface area contributed by atoms with E-state index in [0.717, 1.165) is 55.6 Å². The summed E-state index contributed by atoms with van der Waals surface area (Å²) in [5.74, 6) is 2.57. The summed E-state index contributed by atoms with van der Waals surface area (Å²) >= 11 is 0. The van der Waals surface area contributed by atoms with Gasteiger partial charge in [0, 0.05) is 37.8 Å². The van der Waals surface area contributed by atoms with E-state index in [1.165, 1.54) is 12.8 Å². The molecule has 0 aromatic carbocycles. The highest BCUT2D eigenvalue weighted by Gasteiger charge is 2.49. The number of anilines is 1. The van der Waals surface area contributed by atoms with E-state index in [1.54, 1.807) is 6.26 Å². The van der Waals surface area contributed by atoms with Crippen molar-refractivity contribution in [1.82, 2.24) is 9.88 Å². The SMILES string of the molecule is CCC[C@H]1[C@H]2C[C@H](CN(c3nccc4occc34)C2)[C@@H]2CCCC(=O)N21. The number of rotatable bonds is 3. The first-order chi connectivity index (χ1) is 12.8. The van der Waals surface area contributed by atoms with Crippen LogP contribution in [0.1, 0.15) is 45.4 Å². The van der Waals surface area contributed by atoms with E-state index >= 15 is 0 Å². The fourth-order valence-corrected chi connectivity index (χ4v) is 5.75. The van der Waals surface area contributed by atoms with Crippen LogP contribution in [0.5, 0.6) is 0 Å². The molecule has 4 atom stereocenters. The van der Waals surface area contributed by atoms with Gasteiger partial charge in [-0.1, -0.05) is 13.3 Å². The lowest BCUT2D eigenvalue weighted by molar-refractivity contribution is -0.149. The van der Waals surface area contributed by atoms with E-state index in [-0.39, 0.29) is 0 Å². The van der Waals surface area contributed by atoms with Crippen molar-refractivity contribution in [3.8, 4) is 0 Å². The summed E-state index contributed by atoms with van der Waals surface area (Å²) in [6.07, 6.45) is 10.1. The number of fused-ring (bicyclic) bond motifs is 5. The molecule has 2 bridgehead atoms. The molecule has 3 aliphatic heterocycles. The van der Waals surface area contributed by atoms with Crippen LogP contribution in [0.4, 0.5) is 5.82 Å². The molecular weight excluding hydrogens is 326 g/mol. The monoisotopic (exact) mass is 353 g/mol. The summed E-state index contributed by atoms with van der Waals surface area (Å²) in [6, 6.07) is 4.79. The lowest BCUT2D eigenvalue weighted by Gasteiger charge is -2.57. The topological polar surface area (TPSA) is 49.6 Å². The van der Waals surface area contributed by atoms with Gasteiger partial charge in [0.1, 0.15) is 11.4 Å². The van der Waals surface area contributed by atoms with Crippen LogP contribution in [0.15, 0.2) is 29.0 Å². The van der Waals surface area contributed by atoms with E-state index in [1.807, 2.05) is 18.3 Å². The molecule has 5 heteroatoms. The third kappa shape index (κ3) is 2.43. The third-order valence-corrected chi connectivity index (χ3v) is 6.74. The van der Waals surface area contributed by atoms with Gasteiger partial charge < -0.3 is 14.2 Å². The molecule has 3 fully saturated rings. The maximum Gasteiger partial charge on any atom is 0.223 e. The first kappa shape index (κ1) is 16.2. The summed E-state index contributed by atoms with van der Waals surface area (Å²) < 4.78 is 5.58. The Morgan fingerprint density at radius 1 is 1.27 bits per heavy atom. The minimum Gasteiger partial charge on any atom is -0.464 e. The second-order valence-electron chi connectivity index (χ2n) is 8.24. The zero-order chi connectivity index (χ0) is 17.7. The Morgan fingerprint density at radius 3 is 3.04 bits per heavy atom. The predicted octanol–water partition coefficient (Wildman–Crippen LogP) is 3.83. The molecule has 2 aromatic heterocycles. The van der Waals surface area contributed by atoms with E-state index in [4.69, 9.17) is 9.40 Å². The molecule has 0 radical (unpaired) electrons. The number of nitrogens with zero attached hydrogens (tertiary/aromatic N) is 3. The van der Waals surface area contributed by atoms with E-state index in [9.17, 15) is 4.79 Å². The van der Waals surface area contributed by atoms with Crippen LogP contribution in [0.3, 0.4) is 0 Å². The number of hydrogen-bond acceptors (Lipinski definition) is 4. The van der Waals surface area contributed by atoms with Gasteiger partial charge in [0.15, 0.2) is 0 Å². The molecule has 0 N–H and O–H groups in total. The molecule has 1 amide bonds. The van der Waals surface area contributed by atoms with Crippen molar-refractivity contribution in [2.45, 2.75) is 57.5 Å². The van der Waals surface area contributed by atoms with Gasteiger partial charge in [-0.25, -0.2) is 4.98 Å². The molecule has 0 unspecified atom stereocenters.